The summed E-state index contributed by atoms with van der Waals surface area (Å²) in [6.45, 7) is 4.22. The molecule has 0 aliphatic heterocycles. The lowest BCUT2D eigenvalue weighted by molar-refractivity contribution is 0.230. The van der Waals surface area contributed by atoms with Crippen molar-refractivity contribution < 1.29 is 5.11 Å². The molecule has 50 valence electrons. The van der Waals surface area contributed by atoms with Crippen LogP contribution in [-0.2, 0) is 0 Å². The minimum atomic E-state index is -0.0278. The first-order valence-electron chi connectivity index (χ1n) is 3.08. The molecule has 0 rings (SSSR count). The first-order valence-corrected chi connectivity index (χ1v) is 3.08. The van der Waals surface area contributed by atoms with Crippen molar-refractivity contribution in [3.05, 3.63) is 0 Å². The van der Waals surface area contributed by atoms with Crippen molar-refractivity contribution in [3.8, 4) is 0 Å². The third kappa shape index (κ3) is 2.28. The Kier molecular flexibility index (Phi) is 3.83. The molecule has 0 aromatic heterocycles. The van der Waals surface area contributed by atoms with Crippen molar-refractivity contribution in [3.63, 3.8) is 0 Å². The summed E-state index contributed by atoms with van der Waals surface area (Å²) in [7, 11) is 0. The fraction of sp³-hybridized carbons (Fsp3) is 1.00. The van der Waals surface area contributed by atoms with Gasteiger partial charge < -0.3 is 10.8 Å². The maximum absolute atomic E-state index is 8.51. The largest absolute Gasteiger partial charge is 0.395 e. The number of nitrogens with two attached hydrogens (primary N) is 1. The van der Waals surface area contributed by atoms with Crippen molar-refractivity contribution in [1.29, 1.82) is 0 Å². The van der Waals surface area contributed by atoms with E-state index in [4.69, 9.17) is 10.8 Å². The second kappa shape index (κ2) is 3.87. The third-order valence-electron chi connectivity index (χ3n) is 1.59. The zero-order valence-electron chi connectivity index (χ0n) is 5.59. The van der Waals surface area contributed by atoms with Gasteiger partial charge in [-0.05, 0) is 5.92 Å². The molecule has 0 heterocycles. The first-order chi connectivity index (χ1) is 3.72. The zero-order chi connectivity index (χ0) is 6.57. The van der Waals surface area contributed by atoms with E-state index in [-0.39, 0.29) is 12.6 Å². The maximum atomic E-state index is 8.51. The van der Waals surface area contributed by atoms with E-state index < -0.39 is 0 Å². The topological polar surface area (TPSA) is 46.2 Å². The molecule has 0 unspecified atom stereocenters. The minimum absolute atomic E-state index is 0.0278. The summed E-state index contributed by atoms with van der Waals surface area (Å²) in [6, 6.07) is -0.0278. The van der Waals surface area contributed by atoms with E-state index in [9.17, 15) is 0 Å². The Labute approximate surface area is 50.7 Å². The first kappa shape index (κ1) is 7.92. The fourth-order valence-electron chi connectivity index (χ4n) is 0.483. The van der Waals surface area contributed by atoms with Crippen LogP contribution in [0.15, 0.2) is 0 Å². The molecule has 0 amide bonds. The summed E-state index contributed by atoms with van der Waals surface area (Å²) >= 11 is 0. The molecule has 0 saturated carbocycles. The standard InChI is InChI=1S/C6H15NO/c1-3-5(2)6(7)4-8/h5-6,8H,3-4,7H2,1-2H3/t5-,6-/m0/s1. The van der Waals surface area contributed by atoms with Crippen LogP contribution in [0.25, 0.3) is 0 Å². The summed E-state index contributed by atoms with van der Waals surface area (Å²) in [4.78, 5) is 0. The summed E-state index contributed by atoms with van der Waals surface area (Å²) in [5.41, 5.74) is 5.48. The second-order valence-corrected chi connectivity index (χ2v) is 2.23. The summed E-state index contributed by atoms with van der Waals surface area (Å²) in [6.07, 6.45) is 1.04. The van der Waals surface area contributed by atoms with E-state index in [0.29, 0.717) is 5.92 Å². The Morgan fingerprint density at radius 3 is 2.25 bits per heavy atom. The molecule has 8 heavy (non-hydrogen) atoms. The van der Waals surface area contributed by atoms with Crippen LogP contribution in [-0.4, -0.2) is 17.8 Å². The summed E-state index contributed by atoms with van der Waals surface area (Å²) in [5, 5.41) is 8.51. The number of hydrogen-bond acceptors (Lipinski definition) is 2. The highest BCUT2D eigenvalue weighted by Gasteiger charge is 2.07. The Hall–Kier alpha value is -0.0800. The van der Waals surface area contributed by atoms with E-state index in [1.807, 2.05) is 6.92 Å². The Balaban J connectivity index is 3.29. The van der Waals surface area contributed by atoms with Crippen molar-refractivity contribution in [2.45, 2.75) is 26.3 Å². The van der Waals surface area contributed by atoms with Crippen molar-refractivity contribution >= 4 is 0 Å². The van der Waals surface area contributed by atoms with Gasteiger partial charge in [-0.15, -0.1) is 0 Å². The highest BCUT2D eigenvalue weighted by molar-refractivity contribution is 4.64. The number of hydrogen-bond donors (Lipinski definition) is 2. The lowest BCUT2D eigenvalue weighted by Gasteiger charge is -2.14. The van der Waals surface area contributed by atoms with E-state index >= 15 is 0 Å². The van der Waals surface area contributed by atoms with E-state index in [1.165, 1.54) is 0 Å². The average molecular weight is 117 g/mol. The highest BCUT2D eigenvalue weighted by Crippen LogP contribution is 2.03. The molecule has 2 nitrogen and oxygen atoms in total. The van der Waals surface area contributed by atoms with Gasteiger partial charge in [-0.25, -0.2) is 0 Å². The zero-order valence-corrected chi connectivity index (χ0v) is 5.59. The molecular formula is C6H15NO. The van der Waals surface area contributed by atoms with Gasteiger partial charge >= 0.3 is 0 Å². The molecule has 2 heteroatoms. The van der Waals surface area contributed by atoms with Crippen molar-refractivity contribution in [2.24, 2.45) is 11.7 Å². The van der Waals surface area contributed by atoms with Gasteiger partial charge in [-0.3, -0.25) is 0 Å². The van der Waals surface area contributed by atoms with E-state index in [1.54, 1.807) is 0 Å². The van der Waals surface area contributed by atoms with Crippen LogP contribution in [0.2, 0.25) is 0 Å². The molecule has 0 saturated heterocycles. The lowest BCUT2D eigenvalue weighted by Crippen LogP contribution is -2.31. The van der Waals surface area contributed by atoms with Gasteiger partial charge in [0.15, 0.2) is 0 Å². The molecule has 3 N–H and O–H groups in total. The molecule has 0 bridgehead atoms. The SMILES string of the molecule is CC[C@H](C)[C@@H](N)CO. The van der Waals surface area contributed by atoms with Gasteiger partial charge in [-0.2, -0.15) is 0 Å². The molecule has 0 fully saturated rings. The summed E-state index contributed by atoms with van der Waals surface area (Å²) in [5.74, 6) is 0.444. The van der Waals surface area contributed by atoms with Gasteiger partial charge in [0.25, 0.3) is 0 Å². The number of aliphatic hydroxyl groups is 1. The number of aliphatic hydroxyl groups excluding tert-OH is 1. The van der Waals surface area contributed by atoms with Crippen LogP contribution in [0.1, 0.15) is 20.3 Å². The molecule has 2 atom stereocenters. The second-order valence-electron chi connectivity index (χ2n) is 2.23. The normalized spacial score (nSPS) is 18.0. The molecular weight excluding hydrogens is 102 g/mol. The highest BCUT2D eigenvalue weighted by atomic mass is 16.3. The smallest absolute Gasteiger partial charge is 0.0585 e. The van der Waals surface area contributed by atoms with Crippen molar-refractivity contribution in [1.82, 2.24) is 0 Å². The summed E-state index contributed by atoms with van der Waals surface area (Å²) < 4.78 is 0. The van der Waals surface area contributed by atoms with Gasteiger partial charge in [0.1, 0.15) is 0 Å². The predicted molar refractivity (Wildman–Crippen MR) is 34.5 cm³/mol. The van der Waals surface area contributed by atoms with E-state index in [2.05, 4.69) is 6.92 Å². The lowest BCUT2D eigenvalue weighted by atomic mass is 10.0. The molecule has 0 aliphatic rings. The number of rotatable bonds is 3. The minimum Gasteiger partial charge on any atom is -0.395 e. The van der Waals surface area contributed by atoms with Gasteiger partial charge in [-0.1, -0.05) is 20.3 Å². The van der Waals surface area contributed by atoms with Crippen LogP contribution >= 0.6 is 0 Å². The monoisotopic (exact) mass is 117 g/mol. The fourth-order valence-corrected chi connectivity index (χ4v) is 0.483. The predicted octanol–water partition coefficient (Wildman–Crippen LogP) is 0.352. The molecule has 0 aromatic carbocycles. The van der Waals surface area contributed by atoms with Crippen LogP contribution in [0, 0.1) is 5.92 Å². The average Bonchev–Trinajstić information content (AvgIpc) is 1.84. The van der Waals surface area contributed by atoms with Gasteiger partial charge in [0.2, 0.25) is 0 Å². The molecule has 0 aliphatic carbocycles. The quantitative estimate of drug-likeness (QED) is 0.560. The van der Waals surface area contributed by atoms with Gasteiger partial charge in [0, 0.05) is 6.04 Å². The van der Waals surface area contributed by atoms with Crippen LogP contribution < -0.4 is 5.73 Å². The Morgan fingerprint density at radius 1 is 1.62 bits per heavy atom. The Morgan fingerprint density at radius 2 is 2.12 bits per heavy atom. The van der Waals surface area contributed by atoms with Crippen LogP contribution in [0.5, 0.6) is 0 Å². The van der Waals surface area contributed by atoms with Gasteiger partial charge in [0.05, 0.1) is 6.61 Å². The molecule has 0 radical (unpaired) electrons. The maximum Gasteiger partial charge on any atom is 0.0585 e. The van der Waals surface area contributed by atoms with Crippen LogP contribution in [0.3, 0.4) is 0 Å². The van der Waals surface area contributed by atoms with Crippen LogP contribution in [0.4, 0.5) is 0 Å². The molecule has 0 spiro atoms. The van der Waals surface area contributed by atoms with E-state index in [0.717, 1.165) is 6.42 Å². The van der Waals surface area contributed by atoms with Crippen molar-refractivity contribution in [2.75, 3.05) is 6.61 Å². The molecule has 0 aromatic rings. The Bertz CT molecular complexity index is 48.5. The third-order valence-corrected chi connectivity index (χ3v) is 1.59.